The van der Waals surface area contributed by atoms with E-state index in [1.54, 1.807) is 42.5 Å². The number of hydrogen-bond donors (Lipinski definition) is 1. The molecule has 32 heavy (non-hydrogen) atoms. The molecule has 0 fully saturated rings. The van der Waals surface area contributed by atoms with E-state index in [4.69, 9.17) is 11.6 Å². The molecule has 0 aromatic heterocycles. The van der Waals surface area contributed by atoms with Crippen LogP contribution >= 0.6 is 11.6 Å². The molecule has 0 aliphatic heterocycles. The topological polar surface area (TPSA) is 66.5 Å². The van der Waals surface area contributed by atoms with E-state index in [0.29, 0.717) is 22.8 Å². The lowest BCUT2D eigenvalue weighted by atomic mass is 10.0. The average molecular weight is 471 g/mol. The molecule has 3 rings (SSSR count). The van der Waals surface area contributed by atoms with Gasteiger partial charge in [0.2, 0.25) is 10.0 Å². The number of rotatable bonds is 8. The minimum Gasteiger partial charge on any atom is -0.351 e. The lowest BCUT2D eigenvalue weighted by molar-refractivity contribution is 0.0951. The van der Waals surface area contributed by atoms with Crippen LogP contribution in [0.1, 0.15) is 39.9 Å². The van der Waals surface area contributed by atoms with Gasteiger partial charge in [-0.1, -0.05) is 67.1 Å². The van der Waals surface area contributed by atoms with Crippen LogP contribution in [0.5, 0.6) is 0 Å². The van der Waals surface area contributed by atoms with E-state index in [1.165, 1.54) is 9.87 Å². The largest absolute Gasteiger partial charge is 0.351 e. The molecular weight excluding hydrogens is 444 g/mol. The van der Waals surface area contributed by atoms with E-state index in [1.807, 2.05) is 37.3 Å². The average Bonchev–Trinajstić information content (AvgIpc) is 2.78. The van der Waals surface area contributed by atoms with E-state index >= 15 is 0 Å². The molecule has 0 aliphatic rings. The van der Waals surface area contributed by atoms with Crippen LogP contribution < -0.4 is 9.62 Å². The van der Waals surface area contributed by atoms with Crippen molar-refractivity contribution in [1.29, 1.82) is 0 Å². The second kappa shape index (κ2) is 10.2. The van der Waals surface area contributed by atoms with Gasteiger partial charge in [-0.05, 0) is 53.8 Å². The van der Waals surface area contributed by atoms with Crippen molar-refractivity contribution in [1.82, 2.24) is 5.32 Å². The van der Waals surface area contributed by atoms with Gasteiger partial charge in [0.25, 0.3) is 5.91 Å². The Balaban J connectivity index is 1.68. The van der Waals surface area contributed by atoms with Crippen molar-refractivity contribution in [2.24, 2.45) is 0 Å². The number of nitrogens with zero attached hydrogens (tertiary/aromatic N) is 1. The molecule has 168 valence electrons. The number of amides is 1. The van der Waals surface area contributed by atoms with Crippen LogP contribution in [0.4, 0.5) is 5.69 Å². The molecule has 7 heteroatoms. The van der Waals surface area contributed by atoms with Gasteiger partial charge in [0.1, 0.15) is 0 Å². The Morgan fingerprint density at radius 1 is 1.03 bits per heavy atom. The third-order valence-electron chi connectivity index (χ3n) is 5.32. The van der Waals surface area contributed by atoms with Crippen molar-refractivity contribution in [2.75, 3.05) is 17.1 Å². The third-order valence-corrected chi connectivity index (χ3v) is 6.87. The van der Waals surface area contributed by atoms with Crippen molar-refractivity contribution in [3.05, 3.63) is 100 Å². The highest BCUT2D eigenvalue weighted by Crippen LogP contribution is 2.26. The maximum atomic E-state index is 12.5. The fourth-order valence-electron chi connectivity index (χ4n) is 3.31. The van der Waals surface area contributed by atoms with Gasteiger partial charge in [-0.15, -0.1) is 0 Å². The molecule has 5 nitrogen and oxygen atoms in total. The predicted octanol–water partition coefficient (Wildman–Crippen LogP) is 5.15. The predicted molar refractivity (Wildman–Crippen MR) is 131 cm³/mol. The van der Waals surface area contributed by atoms with Crippen LogP contribution in [-0.4, -0.2) is 27.1 Å². The number of aryl methyl sites for hydroxylation is 1. The minimum absolute atomic E-state index is 0.144. The molecule has 0 saturated heterocycles. The molecule has 0 heterocycles. The van der Waals surface area contributed by atoms with Crippen molar-refractivity contribution in [3.63, 3.8) is 0 Å². The molecule has 3 aromatic carbocycles. The normalized spacial score (nSPS) is 12.2. The van der Waals surface area contributed by atoms with Gasteiger partial charge in [-0.3, -0.25) is 9.10 Å². The Hall–Kier alpha value is -2.83. The summed E-state index contributed by atoms with van der Waals surface area (Å²) in [4.78, 5) is 12.5. The summed E-state index contributed by atoms with van der Waals surface area (Å²) in [5.74, 6) is 0.0358. The zero-order chi connectivity index (χ0) is 23.3. The summed E-state index contributed by atoms with van der Waals surface area (Å²) in [6.07, 6.45) is 1.16. The third kappa shape index (κ3) is 6.11. The summed E-state index contributed by atoms with van der Waals surface area (Å²) in [6.45, 7) is 4.60. The van der Waals surface area contributed by atoms with Crippen LogP contribution in [0.3, 0.4) is 0 Å². The van der Waals surface area contributed by atoms with Gasteiger partial charge in [0.15, 0.2) is 0 Å². The highest BCUT2D eigenvalue weighted by molar-refractivity contribution is 7.92. The molecule has 0 saturated carbocycles. The highest BCUT2D eigenvalue weighted by Gasteiger charge is 2.19. The van der Waals surface area contributed by atoms with Gasteiger partial charge in [0, 0.05) is 17.1 Å². The Labute approximate surface area is 195 Å². The summed E-state index contributed by atoms with van der Waals surface area (Å²) in [5.41, 5.74) is 3.83. The first kappa shape index (κ1) is 23.8. The lowest BCUT2D eigenvalue weighted by Crippen LogP contribution is -2.29. The maximum absolute atomic E-state index is 12.5. The number of nitrogens with one attached hydrogen (secondary N) is 1. The van der Waals surface area contributed by atoms with Crippen molar-refractivity contribution in [3.8, 4) is 0 Å². The van der Waals surface area contributed by atoms with Gasteiger partial charge in [-0.25, -0.2) is 8.42 Å². The maximum Gasteiger partial charge on any atom is 0.251 e. The molecule has 0 spiro atoms. The van der Waals surface area contributed by atoms with E-state index in [0.717, 1.165) is 17.4 Å². The first-order chi connectivity index (χ1) is 15.1. The molecule has 0 bridgehead atoms. The molecule has 0 aliphatic carbocycles. The highest BCUT2D eigenvalue weighted by atomic mass is 35.5. The quantitative estimate of drug-likeness (QED) is 0.495. The zero-order valence-corrected chi connectivity index (χ0v) is 20.0. The van der Waals surface area contributed by atoms with E-state index < -0.39 is 10.0 Å². The van der Waals surface area contributed by atoms with Crippen LogP contribution in [0, 0.1) is 6.92 Å². The summed E-state index contributed by atoms with van der Waals surface area (Å²) >= 11 is 6.19. The number of carbonyl (C=O) groups is 1. The molecule has 1 N–H and O–H groups in total. The number of carbonyl (C=O) groups excluding carboxylic acids is 1. The van der Waals surface area contributed by atoms with Gasteiger partial charge in [0.05, 0.1) is 18.5 Å². The number of benzene rings is 3. The van der Waals surface area contributed by atoms with Crippen molar-refractivity contribution < 1.29 is 13.2 Å². The Bertz CT molecular complexity index is 1180. The standard InChI is InChI=1S/C25H27ClN2O3S/c1-18-9-14-23(15-24(18)26)28(32(3,30)31)17-20-10-12-22(13-11-20)25(29)27-16-19(2)21-7-5-4-6-8-21/h4-15,19H,16-17H2,1-3H3,(H,27,29). The fourth-order valence-corrected chi connectivity index (χ4v) is 4.37. The molecule has 3 aromatic rings. The van der Waals surface area contributed by atoms with Crippen LogP contribution in [0.25, 0.3) is 0 Å². The molecule has 1 unspecified atom stereocenters. The molecule has 1 amide bonds. The van der Waals surface area contributed by atoms with Crippen molar-refractivity contribution >= 4 is 33.2 Å². The lowest BCUT2D eigenvalue weighted by Gasteiger charge is -2.23. The summed E-state index contributed by atoms with van der Waals surface area (Å²) in [5, 5.41) is 3.47. The van der Waals surface area contributed by atoms with Gasteiger partial charge >= 0.3 is 0 Å². The van der Waals surface area contributed by atoms with E-state index in [9.17, 15) is 13.2 Å². The first-order valence-corrected chi connectivity index (χ1v) is 12.5. The Morgan fingerprint density at radius 2 is 1.69 bits per heavy atom. The molecule has 0 radical (unpaired) electrons. The molecule has 1 atom stereocenters. The SMILES string of the molecule is Cc1ccc(N(Cc2ccc(C(=O)NCC(C)c3ccccc3)cc2)S(C)(=O)=O)cc1Cl. The van der Waals surface area contributed by atoms with Crippen molar-refractivity contribution in [2.45, 2.75) is 26.3 Å². The monoisotopic (exact) mass is 470 g/mol. The minimum atomic E-state index is -3.52. The van der Waals surface area contributed by atoms with Crippen LogP contribution in [0.2, 0.25) is 5.02 Å². The van der Waals surface area contributed by atoms with Crippen LogP contribution in [0.15, 0.2) is 72.8 Å². The summed E-state index contributed by atoms with van der Waals surface area (Å²) in [6, 6.07) is 22.1. The second-order valence-electron chi connectivity index (χ2n) is 7.92. The number of halogens is 1. The van der Waals surface area contributed by atoms with E-state index in [-0.39, 0.29) is 18.4 Å². The Kier molecular flexibility index (Phi) is 7.59. The van der Waals surface area contributed by atoms with Gasteiger partial charge < -0.3 is 5.32 Å². The fraction of sp³-hybridized carbons (Fsp3) is 0.240. The van der Waals surface area contributed by atoms with Gasteiger partial charge in [-0.2, -0.15) is 0 Å². The summed E-state index contributed by atoms with van der Waals surface area (Å²) < 4.78 is 26.1. The first-order valence-electron chi connectivity index (χ1n) is 10.3. The smallest absolute Gasteiger partial charge is 0.251 e. The molecular formula is C25H27ClN2O3S. The number of anilines is 1. The Morgan fingerprint density at radius 3 is 2.28 bits per heavy atom. The van der Waals surface area contributed by atoms with Crippen LogP contribution in [-0.2, 0) is 16.6 Å². The summed E-state index contributed by atoms with van der Waals surface area (Å²) in [7, 11) is -3.52. The van der Waals surface area contributed by atoms with E-state index in [2.05, 4.69) is 12.2 Å². The number of hydrogen-bond acceptors (Lipinski definition) is 3. The zero-order valence-electron chi connectivity index (χ0n) is 18.4. The number of sulfonamides is 1. The second-order valence-corrected chi connectivity index (χ2v) is 10.2.